The van der Waals surface area contributed by atoms with Crippen LogP contribution in [0, 0.1) is 0 Å². The summed E-state index contributed by atoms with van der Waals surface area (Å²) in [6, 6.07) is 28.0. The second-order valence-corrected chi connectivity index (χ2v) is 19.8. The van der Waals surface area contributed by atoms with Gasteiger partial charge in [-0.25, -0.2) is 9.97 Å². The van der Waals surface area contributed by atoms with Crippen LogP contribution in [0.1, 0.15) is 22.8 Å². The molecule has 8 nitrogen and oxygen atoms in total. The first-order valence-electron chi connectivity index (χ1n) is 17.6. The van der Waals surface area contributed by atoms with Gasteiger partial charge in [0.05, 0.1) is 80.7 Å². The van der Waals surface area contributed by atoms with Crippen LogP contribution in [0.4, 0.5) is 0 Å². The molecule has 60 heavy (non-hydrogen) atoms. The Hall–Kier alpha value is -3.48. The van der Waals surface area contributed by atoms with Gasteiger partial charge in [-0.2, -0.15) is 0 Å². The van der Waals surface area contributed by atoms with Crippen molar-refractivity contribution in [2.45, 2.75) is 0 Å². The molecule has 0 saturated carbocycles. The quantitative estimate of drug-likeness (QED) is 0.104. The second-order valence-electron chi connectivity index (χ2n) is 13.4. The summed E-state index contributed by atoms with van der Waals surface area (Å²) in [4.78, 5) is 18.0. The number of nitrogens with zero attached hydrogens (tertiary/aromatic N) is 2. The Kier molecular flexibility index (Phi) is 11.4. The molecular formula is C44H22Br8N4O4. The van der Waals surface area contributed by atoms with Crippen molar-refractivity contribution in [1.82, 2.24) is 19.9 Å². The fraction of sp³-hybridized carbons (Fsp3) is 0. The van der Waals surface area contributed by atoms with Crippen molar-refractivity contribution in [3.63, 3.8) is 0 Å². The van der Waals surface area contributed by atoms with Gasteiger partial charge in [-0.05, 0) is 152 Å². The number of halogens is 8. The summed E-state index contributed by atoms with van der Waals surface area (Å²) in [6.07, 6.45) is 0. The molecule has 7 aromatic rings. The van der Waals surface area contributed by atoms with E-state index in [0.717, 1.165) is 0 Å². The molecule has 0 radical (unpaired) electrons. The number of phenolic OH excluding ortho intramolecular Hbond substituents is 4. The van der Waals surface area contributed by atoms with Crippen LogP contribution in [0.25, 0.3) is 84.5 Å². The molecule has 4 aromatic carbocycles. The molecule has 2 aliphatic heterocycles. The molecule has 8 bridgehead atoms. The molecule has 0 saturated heterocycles. The van der Waals surface area contributed by atoms with E-state index in [1.54, 1.807) is 72.8 Å². The lowest BCUT2D eigenvalue weighted by atomic mass is 10.0. The lowest BCUT2D eigenvalue weighted by molar-refractivity contribution is 0.477. The molecule has 3 aromatic heterocycles. The Labute approximate surface area is 408 Å². The molecule has 9 rings (SSSR count). The van der Waals surface area contributed by atoms with Crippen LogP contribution in [0.15, 0.2) is 115 Å². The van der Waals surface area contributed by atoms with E-state index in [-0.39, 0.29) is 23.0 Å². The van der Waals surface area contributed by atoms with Gasteiger partial charge in [0, 0.05) is 44.5 Å². The van der Waals surface area contributed by atoms with E-state index in [2.05, 4.69) is 137 Å². The number of phenols is 4. The van der Waals surface area contributed by atoms with Crippen molar-refractivity contribution in [3.8, 4) is 67.5 Å². The number of benzene rings is 4. The molecule has 0 aliphatic carbocycles. The number of aromatic nitrogens is 4. The molecule has 298 valence electrons. The first-order valence-corrected chi connectivity index (χ1v) is 24.0. The van der Waals surface area contributed by atoms with Gasteiger partial charge in [0.25, 0.3) is 0 Å². The smallest absolute Gasteiger partial charge is 0.123 e. The van der Waals surface area contributed by atoms with Gasteiger partial charge >= 0.3 is 0 Å². The Morgan fingerprint density at radius 3 is 0.717 bits per heavy atom. The van der Waals surface area contributed by atoms with E-state index < -0.39 is 0 Å². The van der Waals surface area contributed by atoms with E-state index >= 15 is 0 Å². The molecule has 2 aliphatic rings. The van der Waals surface area contributed by atoms with Crippen molar-refractivity contribution in [3.05, 3.63) is 138 Å². The molecule has 0 atom stereocenters. The van der Waals surface area contributed by atoms with Crippen LogP contribution in [-0.2, 0) is 0 Å². The van der Waals surface area contributed by atoms with Crippen LogP contribution < -0.4 is 0 Å². The number of aromatic amines is 2. The number of aromatic hydroxyl groups is 4. The van der Waals surface area contributed by atoms with E-state index in [1.165, 1.54) is 0 Å². The molecule has 16 heteroatoms. The molecule has 0 amide bonds. The molecular weight excluding hydrogens is 1290 g/mol. The van der Waals surface area contributed by atoms with Crippen LogP contribution in [0.5, 0.6) is 23.0 Å². The Bertz CT molecular complexity index is 2840. The predicted octanol–water partition coefficient (Wildman–Crippen LogP) is 16.1. The standard InChI is InChI=1S/C44H22Br8N4O4/c45-29-31(47)39-26(18-10-2-6-14-22(18)58)41-33(49)35(51)43(55-41)28(20-12-4-8-16-24(20)60)44-36(52)34(50)42(56-44)27(19-11-3-7-15-23(19)59)40-32(48)30(46)38(54-40)25(37(29)53-39)17-9-1-5-13-21(17)57/h1-16,53,56-60H. The minimum absolute atomic E-state index is 0.00500. The van der Waals surface area contributed by atoms with Gasteiger partial charge in [0.1, 0.15) is 23.0 Å². The zero-order chi connectivity index (χ0) is 42.3. The maximum Gasteiger partial charge on any atom is 0.123 e. The highest BCUT2D eigenvalue weighted by Crippen LogP contribution is 2.55. The third-order valence-corrected chi connectivity index (χ3v) is 18.5. The summed E-state index contributed by atoms with van der Waals surface area (Å²) in [7, 11) is 0. The summed E-state index contributed by atoms with van der Waals surface area (Å²) in [5, 5.41) is 46.2. The van der Waals surface area contributed by atoms with E-state index in [9.17, 15) is 20.4 Å². The van der Waals surface area contributed by atoms with Gasteiger partial charge in [-0.3, -0.25) is 0 Å². The number of para-hydroxylation sites is 4. The molecule has 5 heterocycles. The largest absolute Gasteiger partial charge is 0.507 e. The highest BCUT2D eigenvalue weighted by molar-refractivity contribution is 9.18. The SMILES string of the molecule is Oc1ccccc1-c1c2nc(c(-c3ccccc3O)c3[nH]c(c(Br)c3Br)c(-c3ccccc3O)c3nc(c(-c4ccccc4O)c4[nH]c1c(Br)c4Br)C(Br)=C3Br)C(Br)=C2Br. The van der Waals surface area contributed by atoms with Crippen LogP contribution >= 0.6 is 127 Å². The monoisotopic (exact) mass is 1300 g/mol. The maximum atomic E-state index is 11.5. The first-order chi connectivity index (χ1) is 28.8. The van der Waals surface area contributed by atoms with Crippen LogP contribution in [0.2, 0.25) is 0 Å². The molecule has 0 fully saturated rings. The van der Waals surface area contributed by atoms with Crippen LogP contribution in [-0.4, -0.2) is 40.4 Å². The van der Waals surface area contributed by atoms with E-state index in [0.29, 0.717) is 125 Å². The third-order valence-electron chi connectivity index (χ3n) is 10.1. The molecule has 6 N–H and O–H groups in total. The summed E-state index contributed by atoms with van der Waals surface area (Å²) < 4.78 is 4.62. The van der Waals surface area contributed by atoms with E-state index in [1.807, 2.05) is 24.3 Å². The van der Waals surface area contributed by atoms with Crippen LogP contribution in [0.3, 0.4) is 0 Å². The van der Waals surface area contributed by atoms with Crippen molar-refractivity contribution in [2.24, 2.45) is 0 Å². The fourth-order valence-corrected chi connectivity index (χ4v) is 11.2. The van der Waals surface area contributed by atoms with Crippen molar-refractivity contribution in [1.29, 1.82) is 0 Å². The normalized spacial score (nSPS) is 12.8. The van der Waals surface area contributed by atoms with Crippen molar-refractivity contribution < 1.29 is 20.4 Å². The predicted molar refractivity (Wildman–Crippen MR) is 270 cm³/mol. The minimum atomic E-state index is 0.00500. The Morgan fingerprint density at radius 2 is 0.517 bits per heavy atom. The zero-order valence-corrected chi connectivity index (χ0v) is 42.6. The number of hydrogen-bond donors (Lipinski definition) is 6. The van der Waals surface area contributed by atoms with Gasteiger partial charge < -0.3 is 30.4 Å². The molecule has 0 spiro atoms. The minimum Gasteiger partial charge on any atom is -0.507 e. The van der Waals surface area contributed by atoms with Gasteiger partial charge in [0.15, 0.2) is 0 Å². The highest BCUT2D eigenvalue weighted by atomic mass is 79.9. The lowest BCUT2D eigenvalue weighted by Crippen LogP contribution is -1.91. The van der Waals surface area contributed by atoms with Gasteiger partial charge in [-0.15, -0.1) is 0 Å². The summed E-state index contributed by atoms with van der Waals surface area (Å²) in [6.45, 7) is 0. The molecule has 0 unspecified atom stereocenters. The van der Waals surface area contributed by atoms with Crippen molar-refractivity contribution >= 4 is 167 Å². The number of hydrogen-bond acceptors (Lipinski definition) is 6. The number of nitrogens with one attached hydrogen (secondary N) is 2. The lowest BCUT2D eigenvalue weighted by Gasteiger charge is -2.10. The fourth-order valence-electron chi connectivity index (χ4n) is 7.36. The summed E-state index contributed by atoms with van der Waals surface area (Å²) >= 11 is 31.0. The third kappa shape index (κ3) is 6.71. The average Bonchev–Trinajstić information content (AvgIpc) is 3.89. The Morgan fingerprint density at radius 1 is 0.317 bits per heavy atom. The van der Waals surface area contributed by atoms with Crippen molar-refractivity contribution in [2.75, 3.05) is 0 Å². The highest BCUT2D eigenvalue weighted by Gasteiger charge is 2.32. The van der Waals surface area contributed by atoms with E-state index in [4.69, 9.17) is 9.97 Å². The average molecular weight is 1310 g/mol. The number of fused-ring (bicyclic) bond motifs is 8. The van der Waals surface area contributed by atoms with Gasteiger partial charge in [-0.1, -0.05) is 72.8 Å². The summed E-state index contributed by atoms with van der Waals surface area (Å²) in [5.74, 6) is 0.0200. The van der Waals surface area contributed by atoms with Gasteiger partial charge in [0.2, 0.25) is 0 Å². The second kappa shape index (κ2) is 16.3. The maximum absolute atomic E-state index is 11.5. The first kappa shape index (κ1) is 41.9. The number of rotatable bonds is 4. The Balaban J connectivity index is 1.66. The zero-order valence-electron chi connectivity index (χ0n) is 29.9. The summed E-state index contributed by atoms with van der Waals surface area (Å²) in [5.41, 5.74) is 7.89. The number of H-pyrrole nitrogens is 2. The topological polar surface area (TPSA) is 138 Å².